The molecule has 4 aromatic rings. The zero-order chi connectivity index (χ0) is 21.5. The molecule has 154 valence electrons. The summed E-state index contributed by atoms with van der Waals surface area (Å²) in [6.07, 6.45) is 1.75. The zero-order valence-corrected chi connectivity index (χ0v) is 17.2. The average Bonchev–Trinajstić information content (AvgIpc) is 2.81. The highest BCUT2D eigenvalue weighted by molar-refractivity contribution is 6.09. The molecule has 5 nitrogen and oxygen atoms in total. The van der Waals surface area contributed by atoms with E-state index in [9.17, 15) is 4.79 Å². The molecule has 0 radical (unpaired) electrons. The fraction of sp³-hybridized carbons (Fsp3) is 0.154. The molecule has 0 aliphatic carbocycles. The molecule has 1 aromatic heterocycles. The first-order valence-electron chi connectivity index (χ1n) is 10.1. The van der Waals surface area contributed by atoms with E-state index in [0.717, 1.165) is 21.7 Å². The Hall–Kier alpha value is -4.04. The molecular formula is C26H22N2O3. The Morgan fingerprint density at radius 1 is 0.968 bits per heavy atom. The third-order valence-corrected chi connectivity index (χ3v) is 4.77. The second-order valence-corrected chi connectivity index (χ2v) is 6.78. The number of hydrogen-bond acceptors (Lipinski definition) is 4. The summed E-state index contributed by atoms with van der Waals surface area (Å²) in [6.45, 7) is 2.83. The minimum atomic E-state index is -0.212. The molecule has 31 heavy (non-hydrogen) atoms. The minimum absolute atomic E-state index is 0.212. The SMILES string of the molecule is CCOc1ccc2ccccc2c1C(=O)NCC#CCOc1ccc2cccnc2c1. The van der Waals surface area contributed by atoms with Crippen molar-refractivity contribution in [2.75, 3.05) is 19.8 Å². The topological polar surface area (TPSA) is 60.5 Å². The molecule has 0 fully saturated rings. The van der Waals surface area contributed by atoms with E-state index < -0.39 is 0 Å². The van der Waals surface area contributed by atoms with Crippen molar-refractivity contribution in [3.05, 3.63) is 78.5 Å². The molecular weight excluding hydrogens is 388 g/mol. The Morgan fingerprint density at radius 3 is 2.71 bits per heavy atom. The Kier molecular flexibility index (Phi) is 6.29. The van der Waals surface area contributed by atoms with E-state index in [1.165, 1.54) is 0 Å². The van der Waals surface area contributed by atoms with Gasteiger partial charge in [0.2, 0.25) is 0 Å². The summed E-state index contributed by atoms with van der Waals surface area (Å²) in [5, 5.41) is 5.75. The van der Waals surface area contributed by atoms with Crippen LogP contribution in [0.25, 0.3) is 21.7 Å². The van der Waals surface area contributed by atoms with Crippen LogP contribution in [0.3, 0.4) is 0 Å². The van der Waals surface area contributed by atoms with Gasteiger partial charge in [0.25, 0.3) is 5.91 Å². The van der Waals surface area contributed by atoms with Crippen LogP contribution in [0.15, 0.2) is 72.9 Å². The van der Waals surface area contributed by atoms with Crippen LogP contribution >= 0.6 is 0 Å². The number of carbonyl (C=O) groups is 1. The quantitative estimate of drug-likeness (QED) is 0.472. The number of amides is 1. The number of aromatic nitrogens is 1. The number of nitrogens with zero attached hydrogens (tertiary/aromatic N) is 1. The molecule has 0 unspecified atom stereocenters. The lowest BCUT2D eigenvalue weighted by Crippen LogP contribution is -2.24. The van der Waals surface area contributed by atoms with Gasteiger partial charge in [-0.2, -0.15) is 0 Å². The number of hydrogen-bond donors (Lipinski definition) is 1. The summed E-state index contributed by atoms with van der Waals surface area (Å²) in [7, 11) is 0. The van der Waals surface area contributed by atoms with Crippen molar-refractivity contribution in [3.8, 4) is 23.3 Å². The van der Waals surface area contributed by atoms with Gasteiger partial charge in [-0.1, -0.05) is 48.2 Å². The third-order valence-electron chi connectivity index (χ3n) is 4.77. The monoisotopic (exact) mass is 410 g/mol. The first kappa shape index (κ1) is 20.2. The van der Waals surface area contributed by atoms with Crippen LogP contribution in [0, 0.1) is 11.8 Å². The van der Waals surface area contributed by atoms with Crippen LogP contribution in [-0.4, -0.2) is 30.6 Å². The molecule has 0 atom stereocenters. The van der Waals surface area contributed by atoms with Gasteiger partial charge in [0.05, 0.1) is 24.2 Å². The maximum atomic E-state index is 12.8. The molecule has 0 bridgehead atoms. The van der Waals surface area contributed by atoms with Gasteiger partial charge in [-0.3, -0.25) is 9.78 Å². The van der Waals surface area contributed by atoms with Gasteiger partial charge in [-0.25, -0.2) is 0 Å². The second-order valence-electron chi connectivity index (χ2n) is 6.78. The molecule has 0 spiro atoms. The molecule has 0 saturated carbocycles. The van der Waals surface area contributed by atoms with Crippen molar-refractivity contribution in [1.82, 2.24) is 10.3 Å². The molecule has 3 aromatic carbocycles. The zero-order valence-electron chi connectivity index (χ0n) is 17.2. The summed E-state index contributed by atoms with van der Waals surface area (Å²) in [5.74, 6) is 6.92. The lowest BCUT2D eigenvalue weighted by molar-refractivity contribution is 0.0956. The maximum Gasteiger partial charge on any atom is 0.256 e. The fourth-order valence-corrected chi connectivity index (χ4v) is 3.34. The van der Waals surface area contributed by atoms with Gasteiger partial charge in [0.15, 0.2) is 0 Å². The minimum Gasteiger partial charge on any atom is -0.493 e. The van der Waals surface area contributed by atoms with Gasteiger partial charge in [0, 0.05) is 17.6 Å². The number of benzene rings is 3. The van der Waals surface area contributed by atoms with Crippen molar-refractivity contribution >= 4 is 27.6 Å². The summed E-state index contributed by atoms with van der Waals surface area (Å²) in [4.78, 5) is 17.2. The molecule has 1 heterocycles. The first-order chi connectivity index (χ1) is 15.3. The van der Waals surface area contributed by atoms with Crippen molar-refractivity contribution in [2.45, 2.75) is 6.92 Å². The Labute approximate surface area is 181 Å². The highest BCUT2D eigenvalue weighted by Crippen LogP contribution is 2.28. The number of carbonyl (C=O) groups excluding carboxylic acids is 1. The van der Waals surface area contributed by atoms with E-state index in [4.69, 9.17) is 9.47 Å². The standard InChI is InChI=1S/C26H22N2O3/c1-2-30-24-14-12-19-8-3-4-10-22(19)25(24)26(29)28-15-5-6-17-31-21-13-11-20-9-7-16-27-23(20)18-21/h3-4,7-14,16,18H,2,15,17H2,1H3,(H,28,29). The van der Waals surface area contributed by atoms with E-state index in [1.807, 2.05) is 73.7 Å². The summed E-state index contributed by atoms with van der Waals surface area (Å²) in [6, 6.07) is 21.2. The predicted molar refractivity (Wildman–Crippen MR) is 122 cm³/mol. The van der Waals surface area contributed by atoms with Gasteiger partial charge < -0.3 is 14.8 Å². The Balaban J connectivity index is 1.37. The van der Waals surface area contributed by atoms with Crippen molar-refractivity contribution in [1.29, 1.82) is 0 Å². The molecule has 5 heteroatoms. The lowest BCUT2D eigenvalue weighted by Gasteiger charge is -2.12. The van der Waals surface area contributed by atoms with Crippen molar-refractivity contribution in [3.63, 3.8) is 0 Å². The van der Waals surface area contributed by atoms with Crippen molar-refractivity contribution in [2.24, 2.45) is 0 Å². The molecule has 0 aliphatic rings. The van der Waals surface area contributed by atoms with E-state index in [2.05, 4.69) is 22.1 Å². The lowest BCUT2D eigenvalue weighted by atomic mass is 10.0. The molecule has 1 amide bonds. The molecule has 0 saturated heterocycles. The van der Waals surface area contributed by atoms with Crippen molar-refractivity contribution < 1.29 is 14.3 Å². The maximum absolute atomic E-state index is 12.8. The first-order valence-corrected chi connectivity index (χ1v) is 10.1. The highest BCUT2D eigenvalue weighted by atomic mass is 16.5. The third kappa shape index (κ3) is 4.76. The predicted octanol–water partition coefficient (Wildman–Crippen LogP) is 4.60. The van der Waals surface area contributed by atoms with Crippen LogP contribution in [0.2, 0.25) is 0 Å². The normalized spacial score (nSPS) is 10.4. The molecule has 0 aliphatic heterocycles. The van der Waals surface area contributed by atoms with E-state index in [-0.39, 0.29) is 19.1 Å². The van der Waals surface area contributed by atoms with E-state index >= 15 is 0 Å². The number of nitrogens with one attached hydrogen (secondary N) is 1. The van der Waals surface area contributed by atoms with E-state index in [0.29, 0.717) is 23.7 Å². The van der Waals surface area contributed by atoms with Gasteiger partial charge >= 0.3 is 0 Å². The van der Waals surface area contributed by atoms with Crippen LogP contribution in [0.4, 0.5) is 0 Å². The molecule has 1 N–H and O–H groups in total. The smallest absolute Gasteiger partial charge is 0.256 e. The number of fused-ring (bicyclic) bond motifs is 2. The van der Waals surface area contributed by atoms with Crippen LogP contribution in [-0.2, 0) is 0 Å². The number of ether oxygens (including phenoxy) is 2. The van der Waals surface area contributed by atoms with Gasteiger partial charge in [-0.05, 0) is 42.0 Å². The van der Waals surface area contributed by atoms with Crippen LogP contribution < -0.4 is 14.8 Å². The molecule has 4 rings (SSSR count). The van der Waals surface area contributed by atoms with Crippen LogP contribution in [0.5, 0.6) is 11.5 Å². The number of rotatable bonds is 6. The van der Waals surface area contributed by atoms with E-state index in [1.54, 1.807) is 6.20 Å². The fourth-order valence-electron chi connectivity index (χ4n) is 3.34. The average molecular weight is 410 g/mol. The Bertz CT molecular complexity index is 1290. The van der Waals surface area contributed by atoms with Crippen LogP contribution in [0.1, 0.15) is 17.3 Å². The second kappa shape index (κ2) is 9.64. The van der Waals surface area contributed by atoms with Gasteiger partial charge in [-0.15, -0.1) is 0 Å². The summed E-state index contributed by atoms with van der Waals surface area (Å²) in [5.41, 5.74) is 1.40. The highest BCUT2D eigenvalue weighted by Gasteiger charge is 2.15. The summed E-state index contributed by atoms with van der Waals surface area (Å²) < 4.78 is 11.3. The summed E-state index contributed by atoms with van der Waals surface area (Å²) >= 11 is 0. The van der Waals surface area contributed by atoms with Gasteiger partial charge in [0.1, 0.15) is 18.1 Å². The Morgan fingerprint density at radius 2 is 1.81 bits per heavy atom. The largest absolute Gasteiger partial charge is 0.493 e. The number of pyridine rings is 1.